The molecule has 0 unspecified atom stereocenters. The van der Waals surface area contributed by atoms with Gasteiger partial charge in [0.2, 0.25) is 0 Å². The number of hydrogen-bond acceptors (Lipinski definition) is 5. The maximum Gasteiger partial charge on any atom is 0.147 e. The molecule has 3 aromatic carbocycles. The second kappa shape index (κ2) is 11.8. The summed E-state index contributed by atoms with van der Waals surface area (Å²) in [7, 11) is 0. The van der Waals surface area contributed by atoms with Crippen molar-refractivity contribution in [2.24, 2.45) is 10.7 Å². The van der Waals surface area contributed by atoms with E-state index in [-0.39, 0.29) is 5.82 Å². The number of nitrogens with one attached hydrogen (secondary N) is 2. The first-order chi connectivity index (χ1) is 19.4. The van der Waals surface area contributed by atoms with Gasteiger partial charge in [-0.25, -0.2) is 8.78 Å². The van der Waals surface area contributed by atoms with Crippen molar-refractivity contribution < 1.29 is 13.5 Å². The topological polar surface area (TPSA) is 75.4 Å². The van der Waals surface area contributed by atoms with E-state index in [0.29, 0.717) is 57.7 Å². The molecule has 0 amide bonds. The number of hydrogen-bond donors (Lipinski definition) is 3. The fraction of sp³-hybridized carbons (Fsp3) is 0.156. The summed E-state index contributed by atoms with van der Waals surface area (Å²) in [6.45, 7) is 8.51. The van der Waals surface area contributed by atoms with Crippen LogP contribution in [0.3, 0.4) is 0 Å². The first kappa shape index (κ1) is 27.3. The summed E-state index contributed by atoms with van der Waals surface area (Å²) < 4.78 is 35.3. The van der Waals surface area contributed by atoms with Crippen LogP contribution in [0, 0.1) is 25.5 Å². The van der Waals surface area contributed by atoms with Crippen LogP contribution in [0.25, 0.3) is 15.8 Å². The number of nitrogens with two attached hydrogens (primary N) is 1. The Balaban J connectivity index is 1.30. The van der Waals surface area contributed by atoms with Gasteiger partial charge in [-0.3, -0.25) is 4.99 Å². The number of benzene rings is 3. The van der Waals surface area contributed by atoms with Crippen molar-refractivity contribution in [2.45, 2.75) is 26.9 Å². The summed E-state index contributed by atoms with van der Waals surface area (Å²) in [5.74, 6) is 0.222. The molecule has 5 nitrogen and oxygen atoms in total. The lowest BCUT2D eigenvalue weighted by Gasteiger charge is -2.12. The molecule has 0 fully saturated rings. The molecule has 0 aliphatic carbocycles. The van der Waals surface area contributed by atoms with Crippen LogP contribution in [0.1, 0.15) is 27.9 Å². The first-order valence-corrected chi connectivity index (χ1v) is 13.7. The number of allylic oxidation sites excluding steroid dienone is 2. The smallest absolute Gasteiger partial charge is 0.147 e. The highest BCUT2D eigenvalue weighted by Gasteiger charge is 2.24. The van der Waals surface area contributed by atoms with Crippen molar-refractivity contribution in [1.29, 1.82) is 0 Å². The molecule has 0 saturated carbocycles. The van der Waals surface area contributed by atoms with Crippen molar-refractivity contribution in [3.63, 3.8) is 0 Å². The molecule has 4 aromatic rings. The molecule has 0 atom stereocenters. The lowest BCUT2D eigenvalue weighted by Crippen LogP contribution is -2.25. The van der Waals surface area contributed by atoms with E-state index in [4.69, 9.17) is 10.5 Å². The van der Waals surface area contributed by atoms with E-state index < -0.39 is 5.82 Å². The van der Waals surface area contributed by atoms with E-state index in [9.17, 15) is 4.39 Å². The molecule has 40 heavy (non-hydrogen) atoms. The van der Waals surface area contributed by atoms with Crippen LogP contribution in [-0.2, 0) is 13.0 Å². The molecule has 4 N–H and O–H groups in total. The Morgan fingerprint density at radius 1 is 1.10 bits per heavy atom. The molecule has 204 valence electrons. The van der Waals surface area contributed by atoms with Crippen LogP contribution in [0.2, 0.25) is 0 Å². The van der Waals surface area contributed by atoms with Crippen LogP contribution < -0.4 is 15.8 Å². The zero-order valence-corrected chi connectivity index (χ0v) is 23.2. The highest BCUT2D eigenvalue weighted by molar-refractivity contribution is 8.13. The summed E-state index contributed by atoms with van der Waals surface area (Å²) in [5, 5.41) is 4.18. The maximum absolute atomic E-state index is 15.2. The van der Waals surface area contributed by atoms with Gasteiger partial charge in [-0.05, 0) is 61.2 Å². The van der Waals surface area contributed by atoms with Gasteiger partial charge in [0.25, 0.3) is 0 Å². The Labute approximate surface area is 236 Å². The van der Waals surface area contributed by atoms with Gasteiger partial charge < -0.3 is 20.8 Å². The minimum Gasteiger partial charge on any atom is -0.489 e. The van der Waals surface area contributed by atoms with Crippen molar-refractivity contribution in [1.82, 2.24) is 10.3 Å². The van der Waals surface area contributed by atoms with Gasteiger partial charge in [0.05, 0.1) is 16.1 Å². The lowest BCUT2D eigenvalue weighted by molar-refractivity contribution is 0.304. The van der Waals surface area contributed by atoms with Crippen LogP contribution >= 0.6 is 11.8 Å². The Morgan fingerprint density at radius 2 is 1.90 bits per heavy atom. The van der Waals surface area contributed by atoms with Crippen LogP contribution in [0.4, 0.5) is 8.78 Å². The molecule has 8 heteroatoms. The summed E-state index contributed by atoms with van der Waals surface area (Å²) in [6.07, 6.45) is 3.88. The number of halogens is 2. The average molecular weight is 557 g/mol. The molecular formula is C32H30F2N4OS. The number of aliphatic imine (C=N–C) groups is 1. The van der Waals surface area contributed by atoms with E-state index in [1.807, 2.05) is 44.2 Å². The molecule has 1 aromatic heterocycles. The number of nitrogens with zero attached hydrogens (tertiary/aromatic N) is 1. The third-order valence-electron chi connectivity index (χ3n) is 6.76. The van der Waals surface area contributed by atoms with Crippen molar-refractivity contribution in [2.75, 3.05) is 6.54 Å². The van der Waals surface area contributed by atoms with Gasteiger partial charge in [-0.15, -0.1) is 0 Å². The second-order valence-corrected chi connectivity index (χ2v) is 10.5. The van der Waals surface area contributed by atoms with E-state index >= 15 is 4.39 Å². The number of fused-ring (bicyclic) bond motifs is 1. The summed E-state index contributed by atoms with van der Waals surface area (Å²) in [6, 6.07) is 17.8. The van der Waals surface area contributed by atoms with Gasteiger partial charge in [0.1, 0.15) is 29.8 Å². The monoisotopic (exact) mass is 556 g/mol. The van der Waals surface area contributed by atoms with Crippen molar-refractivity contribution >= 4 is 33.3 Å². The largest absolute Gasteiger partial charge is 0.489 e. The fourth-order valence-corrected chi connectivity index (χ4v) is 5.85. The molecule has 2 heterocycles. The number of aromatic nitrogens is 1. The zero-order valence-electron chi connectivity index (χ0n) is 22.4. The predicted molar refractivity (Wildman–Crippen MR) is 161 cm³/mol. The van der Waals surface area contributed by atoms with Gasteiger partial charge in [-0.2, -0.15) is 0 Å². The Bertz CT molecular complexity index is 1670. The van der Waals surface area contributed by atoms with Gasteiger partial charge in [0.15, 0.2) is 0 Å². The average Bonchev–Trinajstić information content (AvgIpc) is 3.52. The van der Waals surface area contributed by atoms with Gasteiger partial charge in [0, 0.05) is 40.4 Å². The minimum absolute atomic E-state index is 0.265. The number of rotatable bonds is 9. The quantitative estimate of drug-likeness (QED) is 0.203. The lowest BCUT2D eigenvalue weighted by atomic mass is 10.0. The summed E-state index contributed by atoms with van der Waals surface area (Å²) in [5.41, 5.74) is 12.0. The number of ether oxygens (including phenoxy) is 1. The van der Waals surface area contributed by atoms with Gasteiger partial charge >= 0.3 is 0 Å². The number of aromatic amines is 1. The molecule has 1 aliphatic heterocycles. The Hall–Kier alpha value is -4.30. The van der Waals surface area contributed by atoms with Crippen molar-refractivity contribution in [3.8, 4) is 5.75 Å². The third kappa shape index (κ3) is 5.67. The van der Waals surface area contributed by atoms with Crippen LogP contribution in [0.5, 0.6) is 5.75 Å². The van der Waals surface area contributed by atoms with Gasteiger partial charge in [-0.1, -0.05) is 54.7 Å². The zero-order chi connectivity index (χ0) is 28.2. The minimum atomic E-state index is -0.396. The Morgan fingerprint density at radius 3 is 2.65 bits per heavy atom. The normalized spacial score (nSPS) is 15.4. The standard InChI is InChI=1S/C32H30F2N4OS/c1-4-36-27-17-28(24-12-11-22(16-26(24)34)39-18-21-8-6-5-7-9-21)40-31(27)32(35)37-15-14-23-20(3)38-30-25(33)13-10-19(2)29(23)30/h4-13,16-17,37-38H,1,14-15,18,35H2,2-3H3/b32-31-,36-27-. The SMILES string of the molecule is C=C/N=C1/C=C(c2ccc(OCc3ccccc3)cc2F)S/C1=C(/N)NCCc1c(C)[nH]c2c(F)ccc(C)c12. The van der Waals surface area contributed by atoms with E-state index in [1.165, 1.54) is 30.1 Å². The molecule has 1 aliphatic rings. The number of H-pyrrole nitrogens is 1. The molecule has 0 bridgehead atoms. The molecular weight excluding hydrogens is 526 g/mol. The third-order valence-corrected chi connectivity index (χ3v) is 7.95. The highest BCUT2D eigenvalue weighted by Crippen LogP contribution is 2.42. The summed E-state index contributed by atoms with van der Waals surface area (Å²) >= 11 is 1.35. The van der Waals surface area contributed by atoms with E-state index in [1.54, 1.807) is 24.3 Å². The highest BCUT2D eigenvalue weighted by atomic mass is 32.2. The maximum atomic E-state index is 15.2. The number of thioether (sulfide) groups is 1. The Kier molecular flexibility index (Phi) is 8.07. The molecule has 0 radical (unpaired) electrons. The van der Waals surface area contributed by atoms with Crippen molar-refractivity contribution in [3.05, 3.63) is 130 Å². The molecule has 0 spiro atoms. The number of aryl methyl sites for hydroxylation is 2. The van der Waals surface area contributed by atoms with E-state index in [0.717, 1.165) is 27.8 Å². The predicted octanol–water partition coefficient (Wildman–Crippen LogP) is 7.27. The fourth-order valence-electron chi connectivity index (χ4n) is 4.79. The first-order valence-electron chi connectivity index (χ1n) is 12.9. The van der Waals surface area contributed by atoms with E-state index in [2.05, 4.69) is 21.9 Å². The summed E-state index contributed by atoms with van der Waals surface area (Å²) in [4.78, 5) is 8.90. The van der Waals surface area contributed by atoms with Crippen LogP contribution in [0.15, 0.2) is 95.2 Å². The second-order valence-electron chi connectivity index (χ2n) is 9.49. The molecule has 5 rings (SSSR count). The van der Waals surface area contributed by atoms with Crippen LogP contribution in [-0.4, -0.2) is 17.2 Å². The molecule has 0 saturated heterocycles.